The second-order valence-electron chi connectivity index (χ2n) is 5.72. The Hall–Kier alpha value is -0.860. The van der Waals surface area contributed by atoms with Crippen molar-refractivity contribution in [2.75, 3.05) is 6.61 Å². The third-order valence-corrected chi connectivity index (χ3v) is 4.46. The average Bonchev–Trinajstić information content (AvgIpc) is 2.90. The van der Waals surface area contributed by atoms with Crippen LogP contribution in [0.3, 0.4) is 0 Å². The first-order valence-electron chi connectivity index (χ1n) is 7.20. The topological polar surface area (TPSA) is 29.5 Å². The van der Waals surface area contributed by atoms with E-state index in [1.165, 1.54) is 12.0 Å². The van der Waals surface area contributed by atoms with Gasteiger partial charge in [-0.3, -0.25) is 0 Å². The molecule has 0 aromatic heterocycles. The number of aryl methyl sites for hydroxylation is 1. The second kappa shape index (κ2) is 5.02. The third kappa shape index (κ3) is 2.32. The van der Waals surface area contributed by atoms with Crippen LogP contribution < -0.4 is 0 Å². The van der Waals surface area contributed by atoms with Crippen LogP contribution in [0.25, 0.3) is 0 Å². The molecule has 2 unspecified atom stereocenters. The van der Waals surface area contributed by atoms with Crippen LogP contribution in [0.5, 0.6) is 0 Å². The molecule has 2 aliphatic rings. The van der Waals surface area contributed by atoms with Crippen molar-refractivity contribution < 1.29 is 9.84 Å². The van der Waals surface area contributed by atoms with Crippen molar-refractivity contribution in [3.8, 4) is 0 Å². The van der Waals surface area contributed by atoms with E-state index in [0.29, 0.717) is 6.10 Å². The Kier molecular flexibility index (Phi) is 3.40. The first-order valence-corrected chi connectivity index (χ1v) is 7.20. The zero-order chi connectivity index (χ0) is 12.4. The molecule has 1 aliphatic carbocycles. The molecule has 0 amide bonds. The lowest BCUT2D eigenvalue weighted by molar-refractivity contribution is -0.00742. The van der Waals surface area contributed by atoms with Gasteiger partial charge in [0.15, 0.2) is 0 Å². The standard InChI is InChI=1S/C16H22O2/c17-16(11-9-14-7-4-12-18-14)10-3-6-13-5-1-2-8-15(13)16/h1-2,5,8,14,17H,3-4,6-7,9-12H2. The summed E-state index contributed by atoms with van der Waals surface area (Å²) >= 11 is 0. The summed E-state index contributed by atoms with van der Waals surface area (Å²) in [6.07, 6.45) is 7.66. The van der Waals surface area contributed by atoms with Crippen molar-refractivity contribution in [2.24, 2.45) is 0 Å². The Balaban J connectivity index is 1.73. The van der Waals surface area contributed by atoms with E-state index in [4.69, 9.17) is 4.74 Å². The van der Waals surface area contributed by atoms with Gasteiger partial charge in [0, 0.05) is 6.61 Å². The molecular formula is C16H22O2. The Bertz CT molecular complexity index is 409. The number of rotatable bonds is 3. The van der Waals surface area contributed by atoms with Crippen LogP contribution >= 0.6 is 0 Å². The van der Waals surface area contributed by atoms with Gasteiger partial charge in [0.1, 0.15) is 0 Å². The molecule has 2 nitrogen and oxygen atoms in total. The smallest absolute Gasteiger partial charge is 0.0900 e. The molecule has 2 heteroatoms. The first kappa shape index (κ1) is 12.2. The van der Waals surface area contributed by atoms with Crippen LogP contribution in [-0.4, -0.2) is 17.8 Å². The lowest BCUT2D eigenvalue weighted by atomic mass is 9.76. The summed E-state index contributed by atoms with van der Waals surface area (Å²) in [6, 6.07) is 8.38. The van der Waals surface area contributed by atoms with Crippen molar-refractivity contribution in [3.63, 3.8) is 0 Å². The lowest BCUT2D eigenvalue weighted by Gasteiger charge is -2.35. The van der Waals surface area contributed by atoms with Crippen LogP contribution in [0.1, 0.15) is 49.7 Å². The zero-order valence-corrected chi connectivity index (χ0v) is 10.9. The van der Waals surface area contributed by atoms with Crippen molar-refractivity contribution in [1.82, 2.24) is 0 Å². The van der Waals surface area contributed by atoms with Gasteiger partial charge >= 0.3 is 0 Å². The number of fused-ring (bicyclic) bond motifs is 1. The van der Waals surface area contributed by atoms with Gasteiger partial charge in [0.05, 0.1) is 11.7 Å². The average molecular weight is 246 g/mol. The van der Waals surface area contributed by atoms with Gasteiger partial charge in [-0.15, -0.1) is 0 Å². The number of hydrogen-bond donors (Lipinski definition) is 1. The van der Waals surface area contributed by atoms with Crippen LogP contribution in [0, 0.1) is 0 Å². The molecule has 1 saturated heterocycles. The number of aliphatic hydroxyl groups is 1. The maximum atomic E-state index is 10.9. The van der Waals surface area contributed by atoms with E-state index in [2.05, 4.69) is 18.2 Å². The van der Waals surface area contributed by atoms with Gasteiger partial charge in [0.25, 0.3) is 0 Å². The maximum absolute atomic E-state index is 10.9. The summed E-state index contributed by atoms with van der Waals surface area (Å²) in [5.41, 5.74) is 1.88. The SMILES string of the molecule is OC1(CCC2CCCO2)CCCc2ccccc21. The van der Waals surface area contributed by atoms with Crippen molar-refractivity contribution in [3.05, 3.63) is 35.4 Å². The van der Waals surface area contributed by atoms with Crippen molar-refractivity contribution in [2.45, 2.75) is 56.7 Å². The molecular weight excluding hydrogens is 224 g/mol. The Morgan fingerprint density at radius 2 is 2.17 bits per heavy atom. The van der Waals surface area contributed by atoms with Crippen LogP contribution in [-0.2, 0) is 16.8 Å². The van der Waals surface area contributed by atoms with E-state index in [1.807, 2.05) is 6.07 Å². The minimum atomic E-state index is -0.610. The molecule has 1 aromatic rings. The highest BCUT2D eigenvalue weighted by atomic mass is 16.5. The minimum absolute atomic E-state index is 0.378. The summed E-state index contributed by atoms with van der Waals surface area (Å²) in [5.74, 6) is 0. The summed E-state index contributed by atoms with van der Waals surface area (Å²) in [5, 5.41) is 10.9. The summed E-state index contributed by atoms with van der Waals surface area (Å²) < 4.78 is 5.67. The highest BCUT2D eigenvalue weighted by Crippen LogP contribution is 2.39. The van der Waals surface area contributed by atoms with E-state index >= 15 is 0 Å². The van der Waals surface area contributed by atoms with E-state index < -0.39 is 5.60 Å². The molecule has 1 fully saturated rings. The van der Waals surface area contributed by atoms with Gasteiger partial charge in [-0.2, -0.15) is 0 Å². The van der Waals surface area contributed by atoms with E-state index in [9.17, 15) is 5.11 Å². The number of hydrogen-bond acceptors (Lipinski definition) is 2. The molecule has 0 saturated carbocycles. The number of ether oxygens (including phenoxy) is 1. The largest absolute Gasteiger partial charge is 0.385 e. The Morgan fingerprint density at radius 3 is 3.00 bits per heavy atom. The molecule has 0 spiro atoms. The third-order valence-electron chi connectivity index (χ3n) is 4.46. The fraction of sp³-hybridized carbons (Fsp3) is 0.625. The molecule has 98 valence electrons. The molecule has 0 bridgehead atoms. The fourth-order valence-corrected chi connectivity index (χ4v) is 3.43. The Morgan fingerprint density at radius 1 is 1.28 bits per heavy atom. The highest BCUT2D eigenvalue weighted by Gasteiger charge is 2.34. The first-order chi connectivity index (χ1) is 8.78. The van der Waals surface area contributed by atoms with E-state index in [0.717, 1.165) is 50.7 Å². The molecule has 3 rings (SSSR count). The summed E-state index contributed by atoms with van der Waals surface area (Å²) in [6.45, 7) is 0.902. The number of benzene rings is 1. The second-order valence-corrected chi connectivity index (χ2v) is 5.72. The maximum Gasteiger partial charge on any atom is 0.0900 e. The molecule has 1 heterocycles. The normalized spacial score (nSPS) is 31.3. The molecule has 0 radical (unpaired) electrons. The predicted octanol–water partition coefficient (Wildman–Crippen LogP) is 3.17. The quantitative estimate of drug-likeness (QED) is 0.887. The molecule has 1 N–H and O–H groups in total. The van der Waals surface area contributed by atoms with Gasteiger partial charge in [-0.25, -0.2) is 0 Å². The van der Waals surface area contributed by atoms with E-state index in [1.54, 1.807) is 0 Å². The predicted molar refractivity (Wildman–Crippen MR) is 71.5 cm³/mol. The summed E-state index contributed by atoms with van der Waals surface area (Å²) in [7, 11) is 0. The van der Waals surface area contributed by atoms with Gasteiger partial charge in [0.2, 0.25) is 0 Å². The zero-order valence-electron chi connectivity index (χ0n) is 10.9. The monoisotopic (exact) mass is 246 g/mol. The van der Waals surface area contributed by atoms with Crippen LogP contribution in [0.15, 0.2) is 24.3 Å². The van der Waals surface area contributed by atoms with Crippen LogP contribution in [0.2, 0.25) is 0 Å². The van der Waals surface area contributed by atoms with Crippen LogP contribution in [0.4, 0.5) is 0 Å². The van der Waals surface area contributed by atoms with E-state index in [-0.39, 0.29) is 0 Å². The van der Waals surface area contributed by atoms with Gasteiger partial charge in [-0.05, 0) is 56.1 Å². The summed E-state index contributed by atoms with van der Waals surface area (Å²) in [4.78, 5) is 0. The van der Waals surface area contributed by atoms with Crippen molar-refractivity contribution in [1.29, 1.82) is 0 Å². The fourth-order valence-electron chi connectivity index (χ4n) is 3.43. The Labute approximate surface area is 109 Å². The molecule has 2 atom stereocenters. The van der Waals surface area contributed by atoms with Gasteiger partial charge < -0.3 is 9.84 Å². The minimum Gasteiger partial charge on any atom is -0.385 e. The molecule has 18 heavy (non-hydrogen) atoms. The molecule has 1 aliphatic heterocycles. The molecule has 1 aromatic carbocycles. The lowest BCUT2D eigenvalue weighted by Crippen LogP contribution is -2.31. The highest BCUT2D eigenvalue weighted by molar-refractivity contribution is 5.34. The van der Waals surface area contributed by atoms with Gasteiger partial charge in [-0.1, -0.05) is 24.3 Å². The van der Waals surface area contributed by atoms with Crippen molar-refractivity contribution >= 4 is 0 Å².